The molecule has 0 bridgehead atoms. The summed E-state index contributed by atoms with van der Waals surface area (Å²) in [4.78, 5) is 0. The molecule has 0 spiro atoms. The molecule has 0 unspecified atom stereocenters. The van der Waals surface area contributed by atoms with Gasteiger partial charge in [-0.25, -0.2) is 0 Å². The van der Waals surface area contributed by atoms with Crippen molar-refractivity contribution in [3.8, 4) is 77.9 Å². The fraction of sp³-hybridized carbons (Fsp3) is 0. The molecular weight excluding hydrogens is 828 g/mol. The van der Waals surface area contributed by atoms with Gasteiger partial charge in [-0.2, -0.15) is 0 Å². The third-order valence-corrected chi connectivity index (χ3v) is 14.8. The van der Waals surface area contributed by atoms with Gasteiger partial charge in [0, 0.05) is 10.8 Å². The van der Waals surface area contributed by atoms with Crippen molar-refractivity contribution in [2.45, 2.75) is 0 Å². The Morgan fingerprint density at radius 1 is 0.275 bits per heavy atom. The minimum atomic E-state index is 0.110. The summed E-state index contributed by atoms with van der Waals surface area (Å²) in [6, 6.07) is 81.2. The molecule has 0 saturated heterocycles. The molecule has 9 aromatic carbocycles. The normalized spacial score (nSPS) is 12.2. The maximum absolute atomic E-state index is 6.58. The van der Waals surface area contributed by atoms with Crippen LogP contribution in [0.2, 0.25) is 0 Å². The van der Waals surface area contributed by atoms with Crippen molar-refractivity contribution in [3.63, 3.8) is 0 Å². The van der Waals surface area contributed by atoms with Gasteiger partial charge < -0.3 is 4.42 Å². The molecule has 12 aromatic rings. The number of fused-ring (bicyclic) bond motifs is 9. The molecule has 0 amide bonds. The first kappa shape index (κ1) is 39.9. The maximum atomic E-state index is 6.58. The van der Waals surface area contributed by atoms with Gasteiger partial charge in [-0.05, 0) is 18.2 Å². The van der Waals surface area contributed by atoms with Crippen LogP contribution in [0.15, 0.2) is 247 Å². The summed E-state index contributed by atoms with van der Waals surface area (Å²) in [5.74, 6) is 8.51. The van der Waals surface area contributed by atoms with Crippen LogP contribution >= 0.6 is 0 Å². The first-order valence-electron chi connectivity index (χ1n) is 24.0. The Bertz CT molecular complexity index is 3970. The van der Waals surface area contributed by atoms with Gasteiger partial charge >= 0.3 is 338 Å². The van der Waals surface area contributed by atoms with Gasteiger partial charge in [0.05, 0.1) is 0 Å². The minimum absolute atomic E-state index is 0.110. The summed E-state index contributed by atoms with van der Waals surface area (Å²) in [6.07, 6.45) is 0. The van der Waals surface area contributed by atoms with Crippen molar-refractivity contribution in [1.82, 2.24) is 0 Å². The molecule has 0 fully saturated rings. The van der Waals surface area contributed by atoms with E-state index in [-0.39, 0.29) is 13.4 Å². The fourth-order valence-electron chi connectivity index (χ4n) is 11.5. The molecule has 0 saturated carbocycles. The second kappa shape index (κ2) is 16.2. The number of rotatable bonds is 7. The summed E-state index contributed by atoms with van der Waals surface area (Å²) < 4.78 is 6.58. The van der Waals surface area contributed by atoms with Crippen molar-refractivity contribution in [3.05, 3.63) is 242 Å². The predicted molar refractivity (Wildman–Crippen MR) is 297 cm³/mol. The Morgan fingerprint density at radius 3 is 1.29 bits per heavy atom. The number of benzene rings is 9. The average molecular weight is 868 g/mol. The van der Waals surface area contributed by atoms with E-state index in [4.69, 9.17) is 4.42 Å². The van der Waals surface area contributed by atoms with E-state index in [1.165, 1.54) is 111 Å². The fourth-order valence-corrected chi connectivity index (χ4v) is 11.5. The Hall–Kier alpha value is -8.26. The number of hydrogen-bond acceptors (Lipinski definition) is 1. The molecule has 2 aliphatic rings. The molecule has 5 heterocycles. The van der Waals surface area contributed by atoms with E-state index in [1.807, 2.05) is 0 Å². The predicted octanol–water partition coefficient (Wildman–Crippen LogP) is 11.6. The molecular formula is C64H40B4O. The molecule has 0 atom stereocenters. The zero-order chi connectivity index (χ0) is 45.4. The Morgan fingerprint density at radius 2 is 0.710 bits per heavy atom. The van der Waals surface area contributed by atoms with E-state index in [9.17, 15) is 0 Å². The molecule has 314 valence electrons. The van der Waals surface area contributed by atoms with Crippen LogP contribution in [0.5, 0.6) is 0 Å². The standard InChI is InChI=1S/C64H40B4O/c1-2-16-51(17-3-1)67-61-26-21-46(42-11-7-13-44(33-42)50-15-9-31-66-40-50)35-55(61)56-36-47(22-27-62(56)67)48-23-28-63-57(37-48)58-38-52(24-29-64(58)69-63)68-59-19-5-4-18-53(59)54-34-45(20-25-60(54)68)41-10-6-12-43(32-41)49-14-8-30-65-39-49/h1-40H. The third-order valence-electron chi connectivity index (χ3n) is 14.8. The van der Waals surface area contributed by atoms with Gasteiger partial charge in [0.2, 0.25) is 0 Å². The van der Waals surface area contributed by atoms with Gasteiger partial charge in [-0.1, -0.05) is 24.3 Å². The van der Waals surface area contributed by atoms with Gasteiger partial charge in [-0.3, -0.25) is 0 Å². The molecule has 0 aliphatic carbocycles. The number of hydrogen-bond donors (Lipinski definition) is 0. The van der Waals surface area contributed by atoms with E-state index in [0.717, 1.165) is 21.9 Å². The van der Waals surface area contributed by atoms with Crippen LogP contribution < -0.4 is 32.8 Å². The van der Waals surface area contributed by atoms with Crippen LogP contribution in [-0.2, 0) is 0 Å². The summed E-state index contributed by atoms with van der Waals surface area (Å²) >= 11 is 0. The average Bonchev–Trinajstić information content (AvgIpc) is 4.08. The zero-order valence-electron chi connectivity index (χ0n) is 37.8. The van der Waals surface area contributed by atoms with E-state index in [2.05, 4.69) is 256 Å². The van der Waals surface area contributed by atoms with E-state index in [1.54, 1.807) is 0 Å². The van der Waals surface area contributed by atoms with Crippen molar-refractivity contribution in [2.75, 3.05) is 0 Å². The van der Waals surface area contributed by atoms with Crippen molar-refractivity contribution >= 4 is 82.0 Å². The topological polar surface area (TPSA) is 13.1 Å². The summed E-state index contributed by atoms with van der Waals surface area (Å²) in [7, 11) is 0. The Kier molecular flexibility index (Phi) is 9.37. The Balaban J connectivity index is 0.845. The third kappa shape index (κ3) is 6.75. The number of furan rings is 1. The van der Waals surface area contributed by atoms with Crippen molar-refractivity contribution in [1.29, 1.82) is 0 Å². The quantitative estimate of drug-likeness (QED) is 0.146. The first-order valence-corrected chi connectivity index (χ1v) is 24.0. The molecule has 5 heteroatoms. The summed E-state index contributed by atoms with van der Waals surface area (Å²) in [5, 5.41) is 2.27. The molecule has 0 radical (unpaired) electrons. The second-order valence-corrected chi connectivity index (χ2v) is 18.7. The van der Waals surface area contributed by atoms with Crippen LogP contribution in [0.25, 0.3) is 99.8 Å². The SMILES string of the molecule is b1cccc(-c2cccc(-c3ccc4c(c3)-c3ccccc3B4c3ccc4oc5ccc(-c6ccc7c(c6)-c6cc(-c8cccc(-c9cbccc9)c8)ccc6B7c6ccccc6)cc5c4c3)c2)c1. The molecule has 3 aromatic heterocycles. The van der Waals surface area contributed by atoms with Crippen LogP contribution in [0, 0.1) is 0 Å². The molecule has 2 aliphatic heterocycles. The molecule has 1 nitrogen and oxygen atoms in total. The zero-order valence-corrected chi connectivity index (χ0v) is 37.8. The van der Waals surface area contributed by atoms with E-state index >= 15 is 0 Å². The monoisotopic (exact) mass is 868 g/mol. The van der Waals surface area contributed by atoms with Crippen LogP contribution in [0.1, 0.15) is 0 Å². The first-order chi connectivity index (χ1) is 34.2. The van der Waals surface area contributed by atoms with Crippen LogP contribution in [-0.4, -0.2) is 27.2 Å². The summed E-state index contributed by atoms with van der Waals surface area (Å²) in [5.41, 5.74) is 27.1. The van der Waals surface area contributed by atoms with E-state index < -0.39 is 0 Å². The van der Waals surface area contributed by atoms with Gasteiger partial charge in [-0.15, -0.1) is 0 Å². The summed E-state index contributed by atoms with van der Waals surface area (Å²) in [6.45, 7) is 4.49. The van der Waals surface area contributed by atoms with Crippen LogP contribution in [0.3, 0.4) is 0 Å². The van der Waals surface area contributed by atoms with Crippen LogP contribution in [0.4, 0.5) is 0 Å². The van der Waals surface area contributed by atoms with Gasteiger partial charge in [0.15, 0.2) is 0 Å². The molecule has 0 N–H and O–H groups in total. The molecule has 69 heavy (non-hydrogen) atoms. The molecule has 14 rings (SSSR count). The second-order valence-electron chi connectivity index (χ2n) is 18.7. The van der Waals surface area contributed by atoms with Gasteiger partial charge in [0.1, 0.15) is 11.2 Å². The van der Waals surface area contributed by atoms with Crippen molar-refractivity contribution < 1.29 is 4.42 Å². The van der Waals surface area contributed by atoms with Gasteiger partial charge in [0.25, 0.3) is 0 Å². The van der Waals surface area contributed by atoms with Crippen molar-refractivity contribution in [2.24, 2.45) is 0 Å². The Labute approximate surface area is 404 Å². The van der Waals surface area contributed by atoms with E-state index in [0.29, 0.717) is 0 Å².